The molecule has 1 N–H and O–H groups in total. The minimum Gasteiger partial charge on any atom is -0.481 e. The fourth-order valence-electron chi connectivity index (χ4n) is 1.77. The maximum absolute atomic E-state index is 10.6. The Morgan fingerprint density at radius 2 is 2.41 bits per heavy atom. The number of hydrogen-bond acceptors (Lipinski definition) is 4. The molecule has 2 heterocycles. The van der Waals surface area contributed by atoms with E-state index in [4.69, 9.17) is 5.11 Å². The zero-order chi connectivity index (χ0) is 11.8. The molecule has 2 aromatic rings. The first-order valence-electron chi connectivity index (χ1n) is 5.42. The third-order valence-corrected chi connectivity index (χ3v) is 3.62. The highest BCUT2D eigenvalue weighted by Gasteiger charge is 2.26. The van der Waals surface area contributed by atoms with Crippen LogP contribution in [0.5, 0.6) is 0 Å². The van der Waals surface area contributed by atoms with E-state index in [9.17, 15) is 4.79 Å². The Morgan fingerprint density at radius 1 is 1.59 bits per heavy atom. The fraction of sp³-hybridized carbons (Fsp3) is 0.364. The average molecular weight is 249 g/mol. The summed E-state index contributed by atoms with van der Waals surface area (Å²) in [7, 11) is 0. The highest BCUT2D eigenvalue weighted by molar-refractivity contribution is 7.13. The summed E-state index contributed by atoms with van der Waals surface area (Å²) in [6, 6.07) is 0.555. The first-order chi connectivity index (χ1) is 8.24. The number of hydrogen-bond donors (Lipinski definition) is 1. The van der Waals surface area contributed by atoms with Crippen LogP contribution in [0.2, 0.25) is 0 Å². The first-order valence-corrected chi connectivity index (χ1v) is 6.30. The van der Waals surface area contributed by atoms with Crippen molar-refractivity contribution >= 4 is 17.3 Å². The second kappa shape index (κ2) is 3.96. The Balaban J connectivity index is 1.89. The zero-order valence-electron chi connectivity index (χ0n) is 9.04. The average Bonchev–Trinajstić information content (AvgIpc) is 2.84. The van der Waals surface area contributed by atoms with Crippen LogP contribution in [0.15, 0.2) is 17.9 Å². The molecule has 2 aromatic heterocycles. The lowest BCUT2D eigenvalue weighted by Gasteiger charge is -2.02. The Morgan fingerprint density at radius 3 is 3.12 bits per heavy atom. The van der Waals surface area contributed by atoms with Crippen LogP contribution in [0.1, 0.15) is 24.6 Å². The Bertz CT molecular complexity index is 557. The molecule has 1 aliphatic rings. The predicted octanol–water partition coefficient (Wildman–Crippen LogP) is 1.97. The number of imidazole rings is 1. The van der Waals surface area contributed by atoms with Gasteiger partial charge in [0.25, 0.3) is 0 Å². The van der Waals surface area contributed by atoms with Crippen LogP contribution in [-0.4, -0.2) is 25.6 Å². The molecule has 0 amide bonds. The summed E-state index contributed by atoms with van der Waals surface area (Å²) in [5, 5.41) is 11.4. The quantitative estimate of drug-likeness (QED) is 0.899. The molecule has 1 fully saturated rings. The third-order valence-electron chi connectivity index (χ3n) is 2.71. The largest absolute Gasteiger partial charge is 0.481 e. The number of rotatable bonds is 4. The lowest BCUT2D eigenvalue weighted by Crippen LogP contribution is -2.00. The van der Waals surface area contributed by atoms with Crippen molar-refractivity contribution < 1.29 is 9.90 Å². The molecular formula is C11H11N3O2S. The predicted molar refractivity (Wildman–Crippen MR) is 62.9 cm³/mol. The fourth-order valence-corrected chi connectivity index (χ4v) is 2.61. The highest BCUT2D eigenvalue weighted by Crippen LogP contribution is 2.38. The van der Waals surface area contributed by atoms with Crippen molar-refractivity contribution in [3.63, 3.8) is 0 Å². The molecule has 1 aliphatic carbocycles. The number of thiazole rings is 1. The Labute approximate surface area is 102 Å². The van der Waals surface area contributed by atoms with E-state index in [1.165, 1.54) is 24.2 Å². The van der Waals surface area contributed by atoms with E-state index in [1.807, 2.05) is 6.33 Å². The van der Waals surface area contributed by atoms with Gasteiger partial charge < -0.3 is 9.67 Å². The number of aromatic nitrogens is 3. The zero-order valence-corrected chi connectivity index (χ0v) is 9.85. The van der Waals surface area contributed by atoms with Crippen molar-refractivity contribution in [1.29, 1.82) is 0 Å². The molecule has 5 nitrogen and oxygen atoms in total. The van der Waals surface area contributed by atoms with Crippen molar-refractivity contribution in [2.24, 2.45) is 0 Å². The molecule has 1 saturated carbocycles. The normalized spacial score (nSPS) is 15.1. The molecule has 0 unspecified atom stereocenters. The lowest BCUT2D eigenvalue weighted by atomic mass is 10.3. The maximum Gasteiger partial charge on any atom is 0.309 e. The van der Waals surface area contributed by atoms with Gasteiger partial charge in [-0.15, -0.1) is 11.3 Å². The highest BCUT2D eigenvalue weighted by atomic mass is 32.1. The molecule has 0 spiro atoms. The van der Waals surface area contributed by atoms with Crippen molar-refractivity contribution in [1.82, 2.24) is 14.5 Å². The molecule has 0 saturated heterocycles. The minimum absolute atomic E-state index is 0.0198. The second-order valence-corrected chi connectivity index (χ2v) is 4.99. The van der Waals surface area contributed by atoms with Crippen LogP contribution in [0.25, 0.3) is 10.7 Å². The van der Waals surface area contributed by atoms with Crippen molar-refractivity contribution in [3.05, 3.63) is 23.6 Å². The SMILES string of the molecule is O=C(O)Cc1csc(-c2cncn2C2CC2)n1. The summed E-state index contributed by atoms with van der Waals surface area (Å²) < 4.78 is 2.13. The van der Waals surface area contributed by atoms with Crippen molar-refractivity contribution in [2.45, 2.75) is 25.3 Å². The number of carboxylic acid groups (broad SMARTS) is 1. The van der Waals surface area contributed by atoms with E-state index in [2.05, 4.69) is 14.5 Å². The smallest absolute Gasteiger partial charge is 0.309 e. The monoisotopic (exact) mass is 249 g/mol. The van der Waals surface area contributed by atoms with Gasteiger partial charge in [0.15, 0.2) is 0 Å². The molecular weight excluding hydrogens is 238 g/mol. The Hall–Kier alpha value is -1.69. The molecule has 17 heavy (non-hydrogen) atoms. The van der Waals surface area contributed by atoms with Gasteiger partial charge in [0.1, 0.15) is 5.01 Å². The van der Waals surface area contributed by atoms with Gasteiger partial charge in [-0.3, -0.25) is 4.79 Å². The van der Waals surface area contributed by atoms with E-state index in [0.717, 1.165) is 10.7 Å². The van der Waals surface area contributed by atoms with Crippen LogP contribution in [0.3, 0.4) is 0 Å². The van der Waals surface area contributed by atoms with Gasteiger partial charge in [0.2, 0.25) is 0 Å². The molecule has 0 atom stereocenters. The minimum atomic E-state index is -0.849. The summed E-state index contributed by atoms with van der Waals surface area (Å²) in [5.41, 5.74) is 1.61. The number of carbonyl (C=O) groups is 1. The van der Waals surface area contributed by atoms with Gasteiger partial charge >= 0.3 is 5.97 Å². The molecule has 6 heteroatoms. The van der Waals surface area contributed by atoms with E-state index in [1.54, 1.807) is 11.6 Å². The van der Waals surface area contributed by atoms with Crippen LogP contribution < -0.4 is 0 Å². The van der Waals surface area contributed by atoms with Gasteiger partial charge in [0, 0.05) is 11.4 Å². The number of carboxylic acids is 1. The number of nitrogens with zero attached hydrogens (tertiary/aromatic N) is 3. The first kappa shape index (κ1) is 10.5. The van der Waals surface area contributed by atoms with Gasteiger partial charge in [-0.25, -0.2) is 9.97 Å². The second-order valence-electron chi connectivity index (χ2n) is 4.13. The van der Waals surface area contributed by atoms with E-state index in [-0.39, 0.29) is 6.42 Å². The third kappa shape index (κ3) is 2.08. The van der Waals surface area contributed by atoms with Crippen LogP contribution >= 0.6 is 11.3 Å². The Kier molecular flexibility index (Phi) is 2.44. The van der Waals surface area contributed by atoms with Crippen LogP contribution in [0, 0.1) is 0 Å². The summed E-state index contributed by atoms with van der Waals surface area (Å²) in [6.07, 6.45) is 5.98. The van der Waals surface area contributed by atoms with E-state index < -0.39 is 5.97 Å². The molecule has 88 valence electrons. The van der Waals surface area contributed by atoms with Gasteiger partial charge in [-0.05, 0) is 12.8 Å². The molecule has 3 rings (SSSR count). The summed E-state index contributed by atoms with van der Waals surface area (Å²) in [4.78, 5) is 19.1. The van der Waals surface area contributed by atoms with Crippen LogP contribution in [0.4, 0.5) is 0 Å². The standard InChI is InChI=1S/C11H11N3O2S/c15-10(16)3-7-5-17-11(13-7)9-4-12-6-14(9)8-1-2-8/h4-6,8H,1-3H2,(H,15,16). The van der Waals surface area contributed by atoms with Gasteiger partial charge in [0.05, 0.1) is 30.3 Å². The van der Waals surface area contributed by atoms with Crippen molar-refractivity contribution in [2.75, 3.05) is 0 Å². The molecule has 0 aliphatic heterocycles. The lowest BCUT2D eigenvalue weighted by molar-refractivity contribution is -0.136. The molecule has 0 radical (unpaired) electrons. The molecule has 0 bridgehead atoms. The van der Waals surface area contributed by atoms with Crippen molar-refractivity contribution in [3.8, 4) is 10.7 Å². The van der Waals surface area contributed by atoms with Gasteiger partial charge in [-0.1, -0.05) is 0 Å². The molecule has 0 aromatic carbocycles. The van der Waals surface area contributed by atoms with E-state index >= 15 is 0 Å². The van der Waals surface area contributed by atoms with E-state index in [0.29, 0.717) is 11.7 Å². The maximum atomic E-state index is 10.6. The summed E-state index contributed by atoms with van der Waals surface area (Å²) in [5.74, 6) is -0.849. The topological polar surface area (TPSA) is 68.0 Å². The summed E-state index contributed by atoms with van der Waals surface area (Å²) in [6.45, 7) is 0. The number of aliphatic carboxylic acids is 1. The summed E-state index contributed by atoms with van der Waals surface area (Å²) >= 11 is 1.47. The van der Waals surface area contributed by atoms with Crippen LogP contribution in [-0.2, 0) is 11.2 Å². The van der Waals surface area contributed by atoms with Gasteiger partial charge in [-0.2, -0.15) is 0 Å².